The number of esters is 2. The SMILES string of the molecule is CC/C=C\C/C=C\C/C=C\C/C=C\CCCCCCC(=O)OC(CO)COC(=O)CCCCCCCCCCCCC/C=C\CCCCCCCCCC. The molecule has 0 saturated heterocycles. The van der Waals surface area contributed by atoms with Gasteiger partial charge < -0.3 is 14.6 Å². The Morgan fingerprint density at radius 3 is 1.22 bits per heavy atom. The van der Waals surface area contributed by atoms with Crippen LogP contribution < -0.4 is 0 Å². The van der Waals surface area contributed by atoms with Gasteiger partial charge in [0.1, 0.15) is 6.61 Å². The summed E-state index contributed by atoms with van der Waals surface area (Å²) in [6.45, 7) is 4.01. The molecule has 0 aromatic rings. The maximum absolute atomic E-state index is 12.2. The summed E-state index contributed by atoms with van der Waals surface area (Å²) in [5.74, 6) is -0.618. The van der Waals surface area contributed by atoms with Gasteiger partial charge in [-0.25, -0.2) is 0 Å². The summed E-state index contributed by atoms with van der Waals surface area (Å²) in [4.78, 5) is 24.4. The fourth-order valence-corrected chi connectivity index (χ4v) is 6.36. The number of allylic oxidation sites excluding steroid dienone is 10. The lowest BCUT2D eigenvalue weighted by Gasteiger charge is -2.15. The van der Waals surface area contributed by atoms with Crippen LogP contribution in [0.1, 0.15) is 219 Å². The van der Waals surface area contributed by atoms with E-state index in [4.69, 9.17) is 9.47 Å². The molecular formula is C49H86O5. The number of aliphatic hydroxyl groups is 1. The highest BCUT2D eigenvalue weighted by molar-refractivity contribution is 5.70. The molecule has 0 radical (unpaired) electrons. The van der Waals surface area contributed by atoms with Crippen molar-refractivity contribution in [3.8, 4) is 0 Å². The molecule has 0 saturated carbocycles. The monoisotopic (exact) mass is 755 g/mol. The third-order valence-electron chi connectivity index (χ3n) is 9.80. The Labute approximate surface area is 334 Å². The molecule has 5 nitrogen and oxygen atoms in total. The van der Waals surface area contributed by atoms with Crippen molar-refractivity contribution in [1.82, 2.24) is 0 Å². The van der Waals surface area contributed by atoms with Gasteiger partial charge in [-0.3, -0.25) is 9.59 Å². The molecule has 54 heavy (non-hydrogen) atoms. The first-order valence-corrected chi connectivity index (χ1v) is 22.8. The number of carbonyl (C=O) groups excluding carboxylic acids is 2. The largest absolute Gasteiger partial charge is 0.462 e. The van der Waals surface area contributed by atoms with Crippen molar-refractivity contribution in [2.24, 2.45) is 0 Å². The number of rotatable bonds is 41. The molecule has 5 heteroatoms. The molecule has 0 fully saturated rings. The van der Waals surface area contributed by atoms with Crippen LogP contribution in [-0.4, -0.2) is 36.4 Å². The first-order valence-electron chi connectivity index (χ1n) is 22.8. The summed E-state index contributed by atoms with van der Waals surface area (Å²) >= 11 is 0. The molecule has 0 amide bonds. The molecule has 0 spiro atoms. The minimum Gasteiger partial charge on any atom is -0.462 e. The summed E-state index contributed by atoms with van der Waals surface area (Å²) in [6, 6.07) is 0. The van der Waals surface area contributed by atoms with Crippen LogP contribution in [0.2, 0.25) is 0 Å². The van der Waals surface area contributed by atoms with Gasteiger partial charge in [0, 0.05) is 12.8 Å². The van der Waals surface area contributed by atoms with Crippen LogP contribution in [0.5, 0.6) is 0 Å². The Hall–Kier alpha value is -2.40. The molecule has 0 aromatic heterocycles. The third-order valence-corrected chi connectivity index (χ3v) is 9.80. The molecule has 0 heterocycles. The van der Waals surface area contributed by atoms with Crippen LogP contribution in [0.25, 0.3) is 0 Å². The maximum Gasteiger partial charge on any atom is 0.306 e. The van der Waals surface area contributed by atoms with E-state index in [2.05, 4.69) is 74.6 Å². The molecule has 0 bridgehead atoms. The number of aliphatic hydroxyl groups excluding tert-OH is 1. The third kappa shape index (κ3) is 42.3. The number of hydrogen-bond donors (Lipinski definition) is 1. The predicted molar refractivity (Wildman–Crippen MR) is 233 cm³/mol. The van der Waals surface area contributed by atoms with Gasteiger partial charge in [-0.05, 0) is 77.0 Å². The molecule has 1 N–H and O–H groups in total. The van der Waals surface area contributed by atoms with E-state index >= 15 is 0 Å². The highest BCUT2D eigenvalue weighted by Gasteiger charge is 2.16. The Morgan fingerprint density at radius 1 is 0.444 bits per heavy atom. The quantitative estimate of drug-likeness (QED) is 0.0382. The summed E-state index contributed by atoms with van der Waals surface area (Å²) in [5.41, 5.74) is 0. The summed E-state index contributed by atoms with van der Waals surface area (Å²) in [6.07, 6.45) is 58.7. The number of ether oxygens (including phenoxy) is 2. The molecule has 0 aliphatic rings. The van der Waals surface area contributed by atoms with Crippen molar-refractivity contribution >= 4 is 11.9 Å². The zero-order valence-corrected chi connectivity index (χ0v) is 35.5. The van der Waals surface area contributed by atoms with Crippen molar-refractivity contribution in [2.75, 3.05) is 13.2 Å². The Morgan fingerprint density at radius 2 is 0.796 bits per heavy atom. The van der Waals surface area contributed by atoms with Gasteiger partial charge in [-0.2, -0.15) is 0 Å². The second-order valence-electron chi connectivity index (χ2n) is 15.1. The van der Waals surface area contributed by atoms with Crippen LogP contribution in [-0.2, 0) is 19.1 Å². The molecule has 0 aliphatic heterocycles. The number of carbonyl (C=O) groups is 2. The molecule has 0 aliphatic carbocycles. The van der Waals surface area contributed by atoms with Crippen molar-refractivity contribution < 1.29 is 24.2 Å². The first kappa shape index (κ1) is 51.6. The van der Waals surface area contributed by atoms with Crippen LogP contribution in [0, 0.1) is 0 Å². The van der Waals surface area contributed by atoms with Crippen molar-refractivity contribution in [1.29, 1.82) is 0 Å². The summed E-state index contributed by atoms with van der Waals surface area (Å²) in [7, 11) is 0. The minimum atomic E-state index is -0.786. The van der Waals surface area contributed by atoms with E-state index in [9.17, 15) is 14.7 Å². The predicted octanol–water partition coefficient (Wildman–Crippen LogP) is 14.7. The van der Waals surface area contributed by atoms with E-state index in [1.165, 1.54) is 116 Å². The topological polar surface area (TPSA) is 72.8 Å². The van der Waals surface area contributed by atoms with Crippen LogP contribution in [0.15, 0.2) is 60.8 Å². The average Bonchev–Trinajstić information content (AvgIpc) is 3.17. The Bertz CT molecular complexity index is 946. The smallest absolute Gasteiger partial charge is 0.306 e. The molecule has 0 rings (SSSR count). The van der Waals surface area contributed by atoms with Crippen LogP contribution in [0.3, 0.4) is 0 Å². The molecule has 312 valence electrons. The highest BCUT2D eigenvalue weighted by atomic mass is 16.6. The lowest BCUT2D eigenvalue weighted by molar-refractivity contribution is -0.161. The van der Waals surface area contributed by atoms with E-state index < -0.39 is 6.10 Å². The Balaban J connectivity index is 3.54. The summed E-state index contributed by atoms with van der Waals surface area (Å²) < 4.78 is 10.6. The fraction of sp³-hybridized carbons (Fsp3) is 0.755. The zero-order valence-electron chi connectivity index (χ0n) is 35.5. The van der Waals surface area contributed by atoms with Crippen molar-refractivity contribution in [3.63, 3.8) is 0 Å². The molecule has 1 unspecified atom stereocenters. The summed E-state index contributed by atoms with van der Waals surface area (Å²) in [5, 5.41) is 9.59. The second kappa shape index (κ2) is 45.0. The lowest BCUT2D eigenvalue weighted by Crippen LogP contribution is -2.28. The zero-order chi connectivity index (χ0) is 39.3. The van der Waals surface area contributed by atoms with Crippen molar-refractivity contribution in [2.45, 2.75) is 225 Å². The first-order chi connectivity index (χ1) is 26.6. The highest BCUT2D eigenvalue weighted by Crippen LogP contribution is 2.14. The fourth-order valence-electron chi connectivity index (χ4n) is 6.36. The van der Waals surface area contributed by atoms with E-state index in [1.807, 2.05) is 0 Å². The van der Waals surface area contributed by atoms with Gasteiger partial charge in [-0.1, -0.05) is 190 Å². The lowest BCUT2D eigenvalue weighted by atomic mass is 10.0. The maximum atomic E-state index is 12.2. The van der Waals surface area contributed by atoms with Gasteiger partial charge in [0.15, 0.2) is 6.10 Å². The van der Waals surface area contributed by atoms with Gasteiger partial charge in [0.2, 0.25) is 0 Å². The standard InChI is InChI=1S/C49H86O5/c1-3-5-7-9-11-13-15-17-19-21-22-23-24-25-26-28-29-31-33-35-37-39-41-43-48(51)53-46-47(45-50)54-49(52)44-42-40-38-36-34-32-30-27-20-18-16-14-12-10-8-6-4-2/h6,8,12,14,18,20-22,30,32,47,50H,3-5,7,9-11,13,15-17,19,23-29,31,33-46H2,1-2H3/b8-6-,14-12-,20-18-,22-21-,32-30-. The van der Waals surface area contributed by atoms with E-state index in [-0.39, 0.29) is 25.2 Å². The van der Waals surface area contributed by atoms with Gasteiger partial charge in [0.25, 0.3) is 0 Å². The van der Waals surface area contributed by atoms with E-state index in [0.717, 1.165) is 77.0 Å². The number of hydrogen-bond acceptors (Lipinski definition) is 5. The van der Waals surface area contributed by atoms with Crippen LogP contribution >= 0.6 is 0 Å². The Kier molecular flexibility index (Phi) is 43.0. The van der Waals surface area contributed by atoms with Gasteiger partial charge in [0.05, 0.1) is 6.61 Å². The number of unbranched alkanes of at least 4 members (excludes halogenated alkanes) is 23. The second-order valence-corrected chi connectivity index (χ2v) is 15.1. The minimum absolute atomic E-state index is 0.0774. The van der Waals surface area contributed by atoms with E-state index in [0.29, 0.717) is 12.8 Å². The van der Waals surface area contributed by atoms with Gasteiger partial charge >= 0.3 is 11.9 Å². The normalized spacial score (nSPS) is 12.7. The molecular weight excluding hydrogens is 669 g/mol. The molecule has 1 atom stereocenters. The van der Waals surface area contributed by atoms with E-state index in [1.54, 1.807) is 0 Å². The van der Waals surface area contributed by atoms with Crippen molar-refractivity contribution in [3.05, 3.63) is 60.8 Å². The van der Waals surface area contributed by atoms with Gasteiger partial charge in [-0.15, -0.1) is 0 Å². The van der Waals surface area contributed by atoms with Crippen LogP contribution in [0.4, 0.5) is 0 Å². The average molecular weight is 755 g/mol. The molecule has 0 aromatic carbocycles.